The third-order valence-electron chi connectivity index (χ3n) is 5.49. The molecule has 0 aliphatic heterocycles. The van der Waals surface area contributed by atoms with Gasteiger partial charge >= 0.3 is 12.1 Å². The van der Waals surface area contributed by atoms with E-state index >= 15 is 0 Å². The van der Waals surface area contributed by atoms with Crippen LogP contribution in [-0.2, 0) is 14.3 Å². The van der Waals surface area contributed by atoms with Gasteiger partial charge in [0.2, 0.25) is 0 Å². The molecule has 5 nitrogen and oxygen atoms in total. The molecule has 0 spiro atoms. The monoisotopic (exact) mass is 492 g/mol. The fourth-order valence-electron chi connectivity index (χ4n) is 4.02. The van der Waals surface area contributed by atoms with Crippen molar-refractivity contribution in [1.29, 1.82) is 0 Å². The minimum atomic E-state index is -1.93. The third-order valence-corrected chi connectivity index (χ3v) is 10.0. The van der Waals surface area contributed by atoms with Crippen LogP contribution in [0.15, 0.2) is 91.0 Å². The van der Waals surface area contributed by atoms with Crippen molar-refractivity contribution in [2.75, 3.05) is 19.3 Å². The zero-order chi connectivity index (χ0) is 25.2. The molecule has 3 aromatic carbocycles. The lowest BCUT2D eigenvalue weighted by Crippen LogP contribution is -2.34. The first-order valence-electron chi connectivity index (χ1n) is 12.0. The number of rotatable bonds is 10. The normalized spacial score (nSPS) is 11.5. The molecule has 0 heterocycles. The first-order chi connectivity index (χ1) is 16.8. The van der Waals surface area contributed by atoms with Crippen LogP contribution in [0.5, 0.6) is 0 Å². The Bertz CT molecular complexity index is 969. The number of benzene rings is 3. The second-order valence-electron chi connectivity index (χ2n) is 9.29. The summed E-state index contributed by atoms with van der Waals surface area (Å²) in [5.41, 5.74) is -0.573. The highest BCUT2D eigenvalue weighted by Gasteiger charge is 2.44. The second-order valence-corrected chi connectivity index (χ2v) is 12.9. The summed E-state index contributed by atoms with van der Waals surface area (Å²) in [7, 11) is -1.93. The average molecular weight is 493 g/mol. The van der Waals surface area contributed by atoms with Crippen molar-refractivity contribution in [3.8, 4) is 0 Å². The standard InChI is InChI=1S/C29H34NO4P/c1-29(2,3)34-28(32)30-21-20-27(31)33-22-13-23-35(24-14-7-4-8-15-24,25-16-9-5-10-17-25)26-18-11-6-12-19-26/h4-12,14-19H,13,20-23H2,1-3H3/p+1. The summed E-state index contributed by atoms with van der Waals surface area (Å²) in [6.07, 6.45) is 1.19. The summed E-state index contributed by atoms with van der Waals surface area (Å²) in [6.45, 7) is 5.90. The summed E-state index contributed by atoms with van der Waals surface area (Å²) in [4.78, 5) is 24.0. The molecule has 1 amide bonds. The molecule has 0 fully saturated rings. The van der Waals surface area contributed by atoms with Gasteiger partial charge in [-0.15, -0.1) is 0 Å². The van der Waals surface area contributed by atoms with Crippen LogP contribution in [0, 0.1) is 0 Å². The van der Waals surface area contributed by atoms with Crippen molar-refractivity contribution in [2.24, 2.45) is 0 Å². The van der Waals surface area contributed by atoms with E-state index in [1.807, 2.05) is 18.2 Å². The highest BCUT2D eigenvalue weighted by molar-refractivity contribution is 7.95. The number of alkyl carbamates (subject to hydrolysis) is 1. The first-order valence-corrected chi connectivity index (χ1v) is 14.0. The van der Waals surface area contributed by atoms with E-state index in [4.69, 9.17) is 9.47 Å². The van der Waals surface area contributed by atoms with Crippen LogP contribution in [0.3, 0.4) is 0 Å². The van der Waals surface area contributed by atoms with Crippen molar-refractivity contribution in [1.82, 2.24) is 5.32 Å². The van der Waals surface area contributed by atoms with Gasteiger partial charge in [0.15, 0.2) is 0 Å². The van der Waals surface area contributed by atoms with Gasteiger partial charge in [-0.3, -0.25) is 4.79 Å². The number of nitrogens with one attached hydrogen (secondary N) is 1. The van der Waals surface area contributed by atoms with Crippen LogP contribution in [0.2, 0.25) is 0 Å². The maximum atomic E-state index is 12.2. The molecule has 0 atom stereocenters. The smallest absolute Gasteiger partial charge is 0.407 e. The van der Waals surface area contributed by atoms with Gasteiger partial charge in [0, 0.05) is 13.0 Å². The lowest BCUT2D eigenvalue weighted by atomic mass is 10.2. The molecule has 0 aromatic heterocycles. The van der Waals surface area contributed by atoms with E-state index in [1.54, 1.807) is 20.8 Å². The van der Waals surface area contributed by atoms with Gasteiger partial charge in [0.1, 0.15) is 28.8 Å². The Kier molecular flexibility index (Phi) is 9.45. The number of amides is 1. The molecule has 184 valence electrons. The zero-order valence-electron chi connectivity index (χ0n) is 20.8. The summed E-state index contributed by atoms with van der Waals surface area (Å²) in [5, 5.41) is 6.52. The van der Waals surface area contributed by atoms with Crippen molar-refractivity contribution >= 4 is 35.2 Å². The van der Waals surface area contributed by atoms with Gasteiger partial charge in [-0.25, -0.2) is 4.79 Å². The Morgan fingerprint density at radius 1 is 0.771 bits per heavy atom. The summed E-state index contributed by atoms with van der Waals surface area (Å²) < 4.78 is 10.7. The molecule has 0 bridgehead atoms. The minimum Gasteiger partial charge on any atom is -0.465 e. The SMILES string of the molecule is CC(C)(C)OC(=O)NCCC(=O)OCCC[P+](c1ccccc1)(c1ccccc1)c1ccccc1. The van der Waals surface area contributed by atoms with Gasteiger partial charge in [-0.05, 0) is 57.2 Å². The van der Waals surface area contributed by atoms with E-state index < -0.39 is 19.0 Å². The van der Waals surface area contributed by atoms with E-state index in [9.17, 15) is 9.59 Å². The topological polar surface area (TPSA) is 64.6 Å². The number of esters is 1. The maximum absolute atomic E-state index is 12.2. The molecular formula is C29H35NO4P+. The van der Waals surface area contributed by atoms with E-state index in [0.717, 1.165) is 12.6 Å². The van der Waals surface area contributed by atoms with E-state index in [1.165, 1.54) is 15.9 Å². The quantitative estimate of drug-likeness (QED) is 0.250. The van der Waals surface area contributed by atoms with Crippen LogP contribution in [0.4, 0.5) is 4.79 Å². The van der Waals surface area contributed by atoms with Crippen LogP contribution in [0.1, 0.15) is 33.6 Å². The number of hydrogen-bond donors (Lipinski definition) is 1. The van der Waals surface area contributed by atoms with Crippen LogP contribution < -0.4 is 21.2 Å². The van der Waals surface area contributed by atoms with Crippen LogP contribution >= 0.6 is 7.26 Å². The number of carbonyl (C=O) groups excluding carboxylic acids is 2. The van der Waals surface area contributed by atoms with Crippen molar-refractivity contribution in [2.45, 2.75) is 39.2 Å². The van der Waals surface area contributed by atoms with E-state index in [0.29, 0.717) is 6.61 Å². The second kappa shape index (κ2) is 12.5. The molecule has 0 aliphatic carbocycles. The lowest BCUT2D eigenvalue weighted by Gasteiger charge is -2.27. The Hall–Kier alpha value is -3.17. The fourth-order valence-corrected chi connectivity index (χ4v) is 8.34. The molecule has 0 saturated heterocycles. The molecule has 1 N–H and O–H groups in total. The predicted molar refractivity (Wildman–Crippen MR) is 144 cm³/mol. The lowest BCUT2D eigenvalue weighted by molar-refractivity contribution is -0.143. The van der Waals surface area contributed by atoms with Crippen molar-refractivity contribution < 1.29 is 19.1 Å². The molecule has 35 heavy (non-hydrogen) atoms. The highest BCUT2D eigenvalue weighted by Crippen LogP contribution is 2.55. The summed E-state index contributed by atoms with van der Waals surface area (Å²) in [6, 6.07) is 31.9. The number of ether oxygens (including phenoxy) is 2. The highest BCUT2D eigenvalue weighted by atomic mass is 31.2. The molecule has 3 rings (SSSR count). The zero-order valence-corrected chi connectivity index (χ0v) is 21.7. The van der Waals surface area contributed by atoms with Crippen LogP contribution in [0.25, 0.3) is 0 Å². The first kappa shape index (κ1) is 26.4. The Labute approximate surface area is 209 Å². The van der Waals surface area contributed by atoms with Gasteiger partial charge in [0.25, 0.3) is 0 Å². The average Bonchev–Trinajstić information content (AvgIpc) is 2.85. The Morgan fingerprint density at radius 2 is 1.23 bits per heavy atom. The van der Waals surface area contributed by atoms with Gasteiger partial charge < -0.3 is 14.8 Å². The Morgan fingerprint density at radius 3 is 1.66 bits per heavy atom. The minimum absolute atomic E-state index is 0.107. The van der Waals surface area contributed by atoms with Crippen LogP contribution in [-0.4, -0.2) is 37.0 Å². The molecular weight excluding hydrogens is 457 g/mol. The summed E-state index contributed by atoms with van der Waals surface area (Å²) >= 11 is 0. The number of carbonyl (C=O) groups is 2. The molecule has 6 heteroatoms. The molecule has 0 unspecified atom stereocenters. The summed E-state index contributed by atoms with van der Waals surface area (Å²) in [5.74, 6) is -0.330. The van der Waals surface area contributed by atoms with Crippen molar-refractivity contribution in [3.63, 3.8) is 0 Å². The molecule has 3 aromatic rings. The van der Waals surface area contributed by atoms with Gasteiger partial charge in [-0.1, -0.05) is 54.6 Å². The van der Waals surface area contributed by atoms with Gasteiger partial charge in [-0.2, -0.15) is 0 Å². The fraction of sp³-hybridized carbons (Fsp3) is 0.310. The third kappa shape index (κ3) is 7.66. The maximum Gasteiger partial charge on any atom is 0.407 e. The molecule has 0 radical (unpaired) electrons. The predicted octanol–water partition coefficient (Wildman–Crippen LogP) is 4.83. The van der Waals surface area contributed by atoms with E-state index in [-0.39, 0.29) is 18.9 Å². The Balaban J connectivity index is 1.67. The van der Waals surface area contributed by atoms with Gasteiger partial charge in [0.05, 0.1) is 19.2 Å². The van der Waals surface area contributed by atoms with Crippen molar-refractivity contribution in [3.05, 3.63) is 91.0 Å². The molecule has 0 aliphatic rings. The molecule has 0 saturated carbocycles. The largest absolute Gasteiger partial charge is 0.465 e. The number of hydrogen-bond acceptors (Lipinski definition) is 4. The van der Waals surface area contributed by atoms with E-state index in [2.05, 4.69) is 78.1 Å².